The number of aryl methyl sites for hydroxylation is 1. The maximum absolute atomic E-state index is 12.6. The van der Waals surface area contributed by atoms with Gasteiger partial charge in [0.15, 0.2) is 5.69 Å². The lowest BCUT2D eigenvalue weighted by molar-refractivity contribution is 0.0469. The molecule has 2 aromatic rings. The molecule has 0 spiro atoms. The number of carbonyl (C=O) groups excluding carboxylic acids is 1. The Morgan fingerprint density at radius 3 is 2.44 bits per heavy atom. The Balaban J connectivity index is 2.58. The summed E-state index contributed by atoms with van der Waals surface area (Å²) < 4.78 is 8.11. The minimum Gasteiger partial charge on any atom is -0.461 e. The fraction of sp³-hybridized carbons (Fsp3) is 0.474. The van der Waals surface area contributed by atoms with Crippen LogP contribution >= 0.6 is 15.9 Å². The number of nitrogens with zero attached hydrogens (tertiary/aromatic N) is 2. The lowest BCUT2D eigenvalue weighted by Crippen LogP contribution is -2.23. The first-order valence-electron chi connectivity index (χ1n) is 8.51. The Labute approximate surface area is 157 Å². The first-order valence-corrected chi connectivity index (χ1v) is 9.31. The highest BCUT2D eigenvalue weighted by Crippen LogP contribution is 2.27. The average molecular weight is 409 g/mol. The van der Waals surface area contributed by atoms with Crippen LogP contribution in [0, 0.1) is 0 Å². The quantitative estimate of drug-likeness (QED) is 0.701. The van der Waals surface area contributed by atoms with Crippen molar-refractivity contribution >= 4 is 21.9 Å². The molecule has 136 valence electrons. The summed E-state index contributed by atoms with van der Waals surface area (Å²) in [6.07, 6.45) is 1.62. The van der Waals surface area contributed by atoms with Gasteiger partial charge in [-0.3, -0.25) is 0 Å². The smallest absolute Gasteiger partial charge is 0.357 e. The second kappa shape index (κ2) is 8.15. The van der Waals surface area contributed by atoms with E-state index >= 15 is 0 Å². The summed E-state index contributed by atoms with van der Waals surface area (Å²) in [7, 11) is 0. The fourth-order valence-corrected chi connectivity index (χ4v) is 2.95. The Hall–Kier alpha value is -1.66. The molecule has 0 atom stereocenters. The van der Waals surface area contributed by atoms with Crippen LogP contribution in [-0.4, -0.2) is 27.2 Å². The minimum atomic E-state index is -1.23. The number of ether oxygens (including phenoxy) is 1. The minimum absolute atomic E-state index is 0.275. The molecule has 6 heteroatoms. The monoisotopic (exact) mass is 408 g/mol. The molecule has 0 amide bonds. The number of halogens is 1. The van der Waals surface area contributed by atoms with Crippen LogP contribution in [0.5, 0.6) is 0 Å². The molecule has 0 aliphatic carbocycles. The number of benzene rings is 1. The van der Waals surface area contributed by atoms with E-state index in [9.17, 15) is 9.90 Å². The third-order valence-electron chi connectivity index (χ3n) is 3.82. The van der Waals surface area contributed by atoms with Gasteiger partial charge in [0, 0.05) is 17.4 Å². The average Bonchev–Trinajstić information content (AvgIpc) is 2.89. The Kier molecular flexibility index (Phi) is 6.41. The number of aromatic nitrogens is 2. The second-order valence-corrected chi connectivity index (χ2v) is 7.38. The van der Waals surface area contributed by atoms with Gasteiger partial charge in [0.25, 0.3) is 0 Å². The number of hydrogen-bond acceptors (Lipinski definition) is 4. The molecule has 0 radical (unpaired) electrons. The first kappa shape index (κ1) is 19.7. The number of rotatable bonds is 7. The van der Waals surface area contributed by atoms with Crippen molar-refractivity contribution in [2.24, 2.45) is 0 Å². The second-order valence-electron chi connectivity index (χ2n) is 6.47. The van der Waals surface area contributed by atoms with Crippen molar-refractivity contribution in [3.63, 3.8) is 0 Å². The van der Waals surface area contributed by atoms with Gasteiger partial charge in [-0.15, -0.1) is 0 Å². The number of esters is 1. The van der Waals surface area contributed by atoms with Gasteiger partial charge in [-0.2, -0.15) is 0 Å². The Bertz CT molecular complexity index is 730. The van der Waals surface area contributed by atoms with E-state index in [1.165, 1.54) is 0 Å². The van der Waals surface area contributed by atoms with Crippen molar-refractivity contribution in [3.8, 4) is 0 Å². The molecule has 0 fully saturated rings. The molecule has 0 saturated carbocycles. The molecule has 0 unspecified atom stereocenters. The normalized spacial score (nSPS) is 11.6. The molecule has 1 heterocycles. The van der Waals surface area contributed by atoms with E-state index in [0.29, 0.717) is 17.9 Å². The zero-order valence-corrected chi connectivity index (χ0v) is 16.8. The summed E-state index contributed by atoms with van der Waals surface area (Å²) in [5, 5.41) is 10.5. The predicted molar refractivity (Wildman–Crippen MR) is 101 cm³/mol. The molecule has 0 saturated heterocycles. The van der Waals surface area contributed by atoms with Crippen molar-refractivity contribution in [1.29, 1.82) is 0 Å². The Morgan fingerprint density at radius 1 is 1.28 bits per heavy atom. The molecule has 5 nitrogen and oxygen atoms in total. The molecule has 0 aliphatic heterocycles. The van der Waals surface area contributed by atoms with Gasteiger partial charge in [0.1, 0.15) is 17.1 Å². The summed E-state index contributed by atoms with van der Waals surface area (Å²) in [6.45, 7) is 7.88. The van der Waals surface area contributed by atoms with Gasteiger partial charge in [-0.05, 0) is 44.9 Å². The van der Waals surface area contributed by atoms with Gasteiger partial charge in [0.05, 0.1) is 6.61 Å². The maximum Gasteiger partial charge on any atom is 0.357 e. The predicted octanol–water partition coefficient (Wildman–Crippen LogP) is 4.05. The standard InChI is InChI=1S/C19H25BrN2O3/c1-5-7-15-21-17(19(3,4)24)16(18(23)25-6-2)22(15)12-13-8-10-14(20)11-9-13/h8-11,24H,5-7,12H2,1-4H3. The van der Waals surface area contributed by atoms with Crippen LogP contribution in [0.4, 0.5) is 0 Å². The van der Waals surface area contributed by atoms with Crippen LogP contribution in [-0.2, 0) is 23.3 Å². The molecular weight excluding hydrogens is 384 g/mol. The van der Waals surface area contributed by atoms with Gasteiger partial charge >= 0.3 is 5.97 Å². The van der Waals surface area contributed by atoms with Gasteiger partial charge in [-0.25, -0.2) is 9.78 Å². The molecule has 2 rings (SSSR count). The highest BCUT2D eigenvalue weighted by Gasteiger charge is 2.32. The lowest BCUT2D eigenvalue weighted by Gasteiger charge is -2.17. The molecule has 1 aromatic heterocycles. The summed E-state index contributed by atoms with van der Waals surface area (Å²) in [6, 6.07) is 7.93. The van der Waals surface area contributed by atoms with Gasteiger partial charge in [-0.1, -0.05) is 35.0 Å². The maximum atomic E-state index is 12.6. The van der Waals surface area contributed by atoms with Crippen LogP contribution < -0.4 is 0 Å². The van der Waals surface area contributed by atoms with E-state index in [1.54, 1.807) is 20.8 Å². The lowest BCUT2D eigenvalue weighted by atomic mass is 10.0. The van der Waals surface area contributed by atoms with Crippen LogP contribution in [0.2, 0.25) is 0 Å². The molecule has 25 heavy (non-hydrogen) atoms. The fourth-order valence-electron chi connectivity index (χ4n) is 2.69. The van der Waals surface area contributed by atoms with Crippen molar-refractivity contribution in [1.82, 2.24) is 9.55 Å². The van der Waals surface area contributed by atoms with Crippen molar-refractivity contribution < 1.29 is 14.6 Å². The van der Waals surface area contributed by atoms with Crippen molar-refractivity contribution in [3.05, 3.63) is 51.5 Å². The summed E-state index contributed by atoms with van der Waals surface area (Å²) in [4.78, 5) is 17.2. The number of imidazole rings is 1. The zero-order chi connectivity index (χ0) is 18.6. The third kappa shape index (κ3) is 4.70. The molecule has 1 N–H and O–H groups in total. The van der Waals surface area contributed by atoms with Crippen LogP contribution in [0.25, 0.3) is 0 Å². The van der Waals surface area contributed by atoms with E-state index in [2.05, 4.69) is 27.8 Å². The summed E-state index contributed by atoms with van der Waals surface area (Å²) in [5.41, 5.74) is 0.522. The van der Waals surface area contributed by atoms with E-state index in [4.69, 9.17) is 4.74 Å². The molecule has 1 aromatic carbocycles. The van der Waals surface area contributed by atoms with E-state index in [1.807, 2.05) is 28.8 Å². The third-order valence-corrected chi connectivity index (χ3v) is 4.35. The highest BCUT2D eigenvalue weighted by molar-refractivity contribution is 9.10. The summed E-state index contributed by atoms with van der Waals surface area (Å²) >= 11 is 3.43. The molecule has 0 bridgehead atoms. The van der Waals surface area contributed by atoms with E-state index < -0.39 is 11.6 Å². The largest absolute Gasteiger partial charge is 0.461 e. The van der Waals surface area contributed by atoms with E-state index in [-0.39, 0.29) is 6.61 Å². The zero-order valence-electron chi connectivity index (χ0n) is 15.2. The Morgan fingerprint density at radius 2 is 1.92 bits per heavy atom. The number of aliphatic hydroxyl groups is 1. The first-order chi connectivity index (χ1) is 11.8. The number of hydrogen-bond donors (Lipinski definition) is 1. The topological polar surface area (TPSA) is 64.3 Å². The molecular formula is C19H25BrN2O3. The van der Waals surface area contributed by atoms with Crippen molar-refractivity contribution in [2.45, 2.75) is 52.7 Å². The van der Waals surface area contributed by atoms with Crippen LogP contribution in [0.3, 0.4) is 0 Å². The SMILES string of the molecule is CCCc1nc(C(C)(C)O)c(C(=O)OCC)n1Cc1ccc(Br)cc1. The van der Waals surface area contributed by atoms with Crippen LogP contribution in [0.15, 0.2) is 28.7 Å². The summed E-state index contributed by atoms with van der Waals surface area (Å²) in [5.74, 6) is 0.331. The van der Waals surface area contributed by atoms with Crippen LogP contribution in [0.1, 0.15) is 61.7 Å². The van der Waals surface area contributed by atoms with Crippen molar-refractivity contribution in [2.75, 3.05) is 6.61 Å². The van der Waals surface area contributed by atoms with E-state index in [0.717, 1.165) is 28.7 Å². The highest BCUT2D eigenvalue weighted by atomic mass is 79.9. The number of carbonyl (C=O) groups is 1. The molecule has 0 aliphatic rings. The van der Waals surface area contributed by atoms with Gasteiger partial charge < -0.3 is 14.4 Å². The van der Waals surface area contributed by atoms with Gasteiger partial charge in [0.2, 0.25) is 0 Å².